The molecule has 0 amide bonds. The molecule has 1 aromatic rings. The van der Waals surface area contributed by atoms with Gasteiger partial charge in [0, 0.05) is 6.42 Å². The number of oxime groups is 1. The predicted octanol–water partition coefficient (Wildman–Crippen LogP) is 5.82. The third-order valence-corrected chi connectivity index (χ3v) is 5.65. The van der Waals surface area contributed by atoms with E-state index in [1.807, 2.05) is 32.0 Å². The third kappa shape index (κ3) is 10.5. The molecule has 0 bridgehead atoms. The van der Waals surface area contributed by atoms with E-state index < -0.39 is 5.97 Å². The Kier molecular flexibility index (Phi) is 11.7. The van der Waals surface area contributed by atoms with Crippen LogP contribution in [-0.2, 0) is 19.2 Å². The van der Waals surface area contributed by atoms with E-state index in [-0.39, 0.29) is 12.6 Å². The van der Waals surface area contributed by atoms with Crippen LogP contribution in [0.15, 0.2) is 23.4 Å². The summed E-state index contributed by atoms with van der Waals surface area (Å²) < 4.78 is 10.9. The monoisotopic (exact) mass is 431 g/mol. The number of cyclic esters (lactones) is 1. The van der Waals surface area contributed by atoms with E-state index >= 15 is 0 Å². The first kappa shape index (κ1) is 24.9. The Hall–Kier alpha value is -2.37. The summed E-state index contributed by atoms with van der Waals surface area (Å²) in [5.41, 5.74) is 2.95. The molecule has 0 unspecified atom stereocenters. The van der Waals surface area contributed by atoms with Crippen molar-refractivity contribution in [2.45, 2.75) is 90.9 Å². The summed E-state index contributed by atoms with van der Waals surface area (Å²) in [4.78, 5) is 29.0. The third-order valence-electron chi connectivity index (χ3n) is 5.65. The van der Waals surface area contributed by atoms with Crippen molar-refractivity contribution < 1.29 is 23.9 Å². The maximum absolute atomic E-state index is 12.1. The quantitative estimate of drug-likeness (QED) is 0.341. The summed E-state index contributed by atoms with van der Waals surface area (Å²) in [6.07, 6.45) is 11.6. The first-order chi connectivity index (χ1) is 15.1. The Morgan fingerprint density at radius 2 is 1.58 bits per heavy atom. The van der Waals surface area contributed by atoms with E-state index in [1.54, 1.807) is 0 Å². The minimum atomic E-state index is -0.521. The van der Waals surface area contributed by atoms with Gasteiger partial charge in [0.05, 0.1) is 12.3 Å². The van der Waals surface area contributed by atoms with Gasteiger partial charge in [-0.1, -0.05) is 55.8 Å². The largest absolute Gasteiger partial charge is 0.482 e. The maximum Gasteiger partial charge on any atom is 0.372 e. The van der Waals surface area contributed by atoms with Crippen LogP contribution in [0.3, 0.4) is 0 Å². The fourth-order valence-corrected chi connectivity index (χ4v) is 3.57. The van der Waals surface area contributed by atoms with Crippen LogP contribution in [0.2, 0.25) is 0 Å². The van der Waals surface area contributed by atoms with E-state index in [1.165, 1.54) is 25.7 Å². The minimum absolute atomic E-state index is 0.124. The zero-order valence-corrected chi connectivity index (χ0v) is 19.1. The Morgan fingerprint density at radius 3 is 2.32 bits per heavy atom. The second-order valence-electron chi connectivity index (χ2n) is 8.26. The van der Waals surface area contributed by atoms with E-state index in [0.717, 1.165) is 48.9 Å². The second kappa shape index (κ2) is 14.6. The summed E-state index contributed by atoms with van der Waals surface area (Å²) in [6.45, 7) is 4.16. The van der Waals surface area contributed by atoms with E-state index in [4.69, 9.17) is 14.3 Å². The fourth-order valence-electron chi connectivity index (χ4n) is 3.57. The molecule has 172 valence electrons. The number of esters is 1. The van der Waals surface area contributed by atoms with Crippen LogP contribution in [0.4, 0.5) is 0 Å². The van der Waals surface area contributed by atoms with Gasteiger partial charge >= 0.3 is 11.9 Å². The number of hydrogen-bond acceptors (Lipinski definition) is 6. The van der Waals surface area contributed by atoms with Crippen LogP contribution in [-0.4, -0.2) is 30.9 Å². The van der Waals surface area contributed by atoms with E-state index in [9.17, 15) is 9.59 Å². The van der Waals surface area contributed by atoms with Gasteiger partial charge in [-0.25, -0.2) is 4.79 Å². The number of hydrogen-bond donors (Lipinski definition) is 0. The highest BCUT2D eigenvalue weighted by molar-refractivity contribution is 5.85. The molecule has 1 aromatic carbocycles. The van der Waals surface area contributed by atoms with E-state index in [0.29, 0.717) is 31.6 Å². The number of aryl methyl sites for hydroxylation is 1. The molecule has 0 atom stereocenters. The molecule has 6 heteroatoms. The average molecular weight is 432 g/mol. The highest BCUT2D eigenvalue weighted by Crippen LogP contribution is 2.20. The van der Waals surface area contributed by atoms with Crippen molar-refractivity contribution >= 4 is 17.7 Å². The molecule has 6 nitrogen and oxygen atoms in total. The Balaban J connectivity index is 1.83. The number of ether oxygens (including phenoxy) is 2. The summed E-state index contributed by atoms with van der Waals surface area (Å²) in [5.74, 6) is 0.0312. The van der Waals surface area contributed by atoms with Crippen LogP contribution < -0.4 is 4.74 Å². The zero-order valence-electron chi connectivity index (χ0n) is 19.1. The molecule has 0 aromatic heterocycles. The Labute approximate surface area is 186 Å². The number of carbonyl (C=O) groups excluding carboxylic acids is 2. The fraction of sp³-hybridized carbons (Fsp3) is 0.640. The molecule has 0 aliphatic carbocycles. The Morgan fingerprint density at radius 1 is 0.935 bits per heavy atom. The van der Waals surface area contributed by atoms with Crippen molar-refractivity contribution in [3.8, 4) is 5.75 Å². The summed E-state index contributed by atoms with van der Waals surface area (Å²) >= 11 is 0. The van der Waals surface area contributed by atoms with Gasteiger partial charge in [-0.05, 0) is 63.1 Å². The van der Waals surface area contributed by atoms with Crippen molar-refractivity contribution in [3.05, 3.63) is 29.3 Å². The normalized spacial score (nSPS) is 18.9. The maximum atomic E-state index is 12.1. The molecule has 0 spiro atoms. The van der Waals surface area contributed by atoms with Gasteiger partial charge in [-0.15, -0.1) is 0 Å². The molecular weight excluding hydrogens is 394 g/mol. The molecule has 1 heterocycles. The average Bonchev–Trinajstić information content (AvgIpc) is 2.75. The predicted molar refractivity (Wildman–Crippen MR) is 121 cm³/mol. The second-order valence-corrected chi connectivity index (χ2v) is 8.26. The van der Waals surface area contributed by atoms with E-state index in [2.05, 4.69) is 5.16 Å². The molecule has 1 aliphatic rings. The van der Waals surface area contributed by atoms with Gasteiger partial charge in [0.25, 0.3) is 0 Å². The molecule has 31 heavy (non-hydrogen) atoms. The van der Waals surface area contributed by atoms with Gasteiger partial charge in [-0.3, -0.25) is 4.79 Å². The van der Waals surface area contributed by atoms with Crippen LogP contribution in [0.1, 0.15) is 88.2 Å². The number of carbonyl (C=O) groups is 2. The van der Waals surface area contributed by atoms with Gasteiger partial charge in [0.15, 0.2) is 6.61 Å². The zero-order chi connectivity index (χ0) is 22.3. The van der Waals surface area contributed by atoms with Gasteiger partial charge in [0.1, 0.15) is 5.75 Å². The summed E-state index contributed by atoms with van der Waals surface area (Å²) in [7, 11) is 0. The van der Waals surface area contributed by atoms with Crippen LogP contribution in [0, 0.1) is 13.8 Å². The van der Waals surface area contributed by atoms with Crippen molar-refractivity contribution in [1.82, 2.24) is 0 Å². The Bertz CT molecular complexity index is 729. The van der Waals surface area contributed by atoms with Crippen molar-refractivity contribution in [1.29, 1.82) is 0 Å². The summed E-state index contributed by atoms with van der Waals surface area (Å²) in [5, 5.41) is 4.10. The smallest absolute Gasteiger partial charge is 0.372 e. The minimum Gasteiger partial charge on any atom is -0.482 e. The number of nitrogens with zero attached hydrogens (tertiary/aromatic N) is 1. The lowest BCUT2D eigenvalue weighted by Crippen LogP contribution is -2.14. The molecular formula is C25H37NO5. The highest BCUT2D eigenvalue weighted by Gasteiger charge is 2.10. The molecule has 1 saturated heterocycles. The van der Waals surface area contributed by atoms with Gasteiger partial charge < -0.3 is 14.3 Å². The highest BCUT2D eigenvalue weighted by atomic mass is 16.7. The van der Waals surface area contributed by atoms with Gasteiger partial charge in [-0.2, -0.15) is 0 Å². The SMILES string of the molecule is Cc1cccc(OCC(=O)O/N=C2\CCCCCCCCCCC(=O)OCCC2)c1C. The van der Waals surface area contributed by atoms with Crippen LogP contribution in [0.25, 0.3) is 0 Å². The first-order valence-electron chi connectivity index (χ1n) is 11.7. The number of rotatable bonds is 4. The molecule has 2 rings (SSSR count). The van der Waals surface area contributed by atoms with Crippen LogP contribution in [0.5, 0.6) is 5.75 Å². The lowest BCUT2D eigenvalue weighted by molar-refractivity contribution is -0.146. The van der Waals surface area contributed by atoms with Crippen LogP contribution >= 0.6 is 0 Å². The van der Waals surface area contributed by atoms with Crippen molar-refractivity contribution in [3.63, 3.8) is 0 Å². The lowest BCUT2D eigenvalue weighted by atomic mass is 10.0. The first-order valence-corrected chi connectivity index (χ1v) is 11.7. The topological polar surface area (TPSA) is 74.2 Å². The van der Waals surface area contributed by atoms with Crippen molar-refractivity contribution in [2.75, 3.05) is 13.2 Å². The van der Waals surface area contributed by atoms with Crippen molar-refractivity contribution in [2.24, 2.45) is 5.16 Å². The summed E-state index contributed by atoms with van der Waals surface area (Å²) in [6, 6.07) is 5.74. The van der Waals surface area contributed by atoms with Gasteiger partial charge in [0.2, 0.25) is 0 Å². The number of benzene rings is 1. The standard InChI is InChI=1S/C25H37NO5/c1-20-13-11-16-23(21(20)2)30-19-25(28)31-26-22-14-9-7-5-3-4-6-8-10-17-24(27)29-18-12-15-22/h11,13,16H,3-10,12,14-15,17-19H2,1-2H3/b26-22+. The molecule has 1 fully saturated rings. The molecule has 0 N–H and O–H groups in total. The lowest BCUT2D eigenvalue weighted by Gasteiger charge is -2.10. The molecule has 1 aliphatic heterocycles. The molecule has 0 saturated carbocycles. The molecule has 0 radical (unpaired) electrons.